The number of rotatable bonds is 3. The summed E-state index contributed by atoms with van der Waals surface area (Å²) in [7, 11) is -3.58. The molecule has 3 nitrogen and oxygen atoms in total. The van der Waals surface area contributed by atoms with E-state index in [9.17, 15) is 9.46 Å². The quantitative estimate of drug-likeness (QED) is 0.681. The van der Waals surface area contributed by atoms with Gasteiger partial charge in [0.2, 0.25) is 0 Å². The predicted molar refractivity (Wildman–Crippen MR) is 70.0 cm³/mol. The van der Waals surface area contributed by atoms with Crippen LogP contribution in [0.5, 0.6) is 0 Å². The lowest BCUT2D eigenvalue weighted by atomic mass is 10.2. The Hall–Kier alpha value is -1.41. The van der Waals surface area contributed by atoms with Gasteiger partial charge in [-0.05, 0) is 17.7 Å². The van der Waals surface area contributed by atoms with Crippen LogP contribution >= 0.6 is 7.37 Å². The van der Waals surface area contributed by atoms with Crippen molar-refractivity contribution in [3.8, 4) is 0 Å². The van der Waals surface area contributed by atoms with Crippen molar-refractivity contribution in [2.45, 2.75) is 5.34 Å². The molecular formula is C14H13O3P. The summed E-state index contributed by atoms with van der Waals surface area (Å²) in [6, 6.07) is 17.9. The van der Waals surface area contributed by atoms with Crippen LogP contribution in [0.1, 0.15) is 5.56 Å². The Kier molecular flexibility index (Phi) is 2.63. The van der Waals surface area contributed by atoms with Crippen molar-refractivity contribution in [1.29, 1.82) is 0 Å². The van der Waals surface area contributed by atoms with Crippen molar-refractivity contribution in [2.75, 3.05) is 6.61 Å². The van der Waals surface area contributed by atoms with Gasteiger partial charge in [0.1, 0.15) is 0 Å². The molecule has 18 heavy (non-hydrogen) atoms. The Morgan fingerprint density at radius 1 is 1.00 bits per heavy atom. The number of benzene rings is 2. The van der Waals surface area contributed by atoms with Crippen LogP contribution in [0.4, 0.5) is 0 Å². The number of hydrogen-bond acceptors (Lipinski definition) is 2. The van der Waals surface area contributed by atoms with Crippen LogP contribution < -0.4 is 5.30 Å². The second kappa shape index (κ2) is 4.06. The third kappa shape index (κ3) is 1.64. The highest BCUT2D eigenvalue weighted by Crippen LogP contribution is 2.67. The molecule has 0 aliphatic carbocycles. The van der Waals surface area contributed by atoms with Gasteiger partial charge in [-0.25, -0.2) is 0 Å². The second-order valence-electron chi connectivity index (χ2n) is 4.35. The molecule has 3 rings (SSSR count). The minimum atomic E-state index is -3.58. The molecule has 1 saturated heterocycles. The Morgan fingerprint density at radius 3 is 2.00 bits per heavy atom. The van der Waals surface area contributed by atoms with E-state index in [1.54, 1.807) is 24.3 Å². The van der Waals surface area contributed by atoms with E-state index in [1.165, 1.54) is 0 Å². The average Bonchev–Trinajstić information content (AvgIpc) is 3.23. The number of hydrogen-bond donors (Lipinski definition) is 1. The minimum absolute atomic E-state index is 0.291. The molecule has 1 heterocycles. The lowest BCUT2D eigenvalue weighted by molar-refractivity contribution is 0.349. The SMILES string of the molecule is O=P(O)(c1ccccc1)[C@@]1(c2ccccc2)CO1. The van der Waals surface area contributed by atoms with Gasteiger partial charge in [-0.2, -0.15) is 0 Å². The van der Waals surface area contributed by atoms with E-state index in [0.717, 1.165) is 5.56 Å². The topological polar surface area (TPSA) is 49.8 Å². The molecule has 0 saturated carbocycles. The van der Waals surface area contributed by atoms with Gasteiger partial charge in [0.15, 0.2) is 5.34 Å². The zero-order valence-electron chi connectivity index (χ0n) is 9.69. The van der Waals surface area contributed by atoms with Gasteiger partial charge in [0.25, 0.3) is 7.37 Å². The van der Waals surface area contributed by atoms with Crippen LogP contribution in [-0.2, 0) is 14.6 Å². The van der Waals surface area contributed by atoms with E-state index in [1.807, 2.05) is 36.4 Å². The molecule has 1 unspecified atom stereocenters. The summed E-state index contributed by atoms with van der Waals surface area (Å²) in [6.07, 6.45) is 0. The van der Waals surface area contributed by atoms with Gasteiger partial charge in [-0.15, -0.1) is 0 Å². The fourth-order valence-electron chi connectivity index (χ4n) is 2.12. The third-order valence-corrected chi connectivity index (χ3v) is 5.73. The fraction of sp³-hybridized carbons (Fsp3) is 0.143. The molecule has 2 aromatic rings. The molecule has 1 N–H and O–H groups in total. The molecule has 1 aliphatic rings. The summed E-state index contributed by atoms with van der Waals surface area (Å²) in [6.45, 7) is 0.291. The molecule has 0 radical (unpaired) electrons. The zero-order valence-corrected chi connectivity index (χ0v) is 10.6. The molecular weight excluding hydrogens is 247 g/mol. The van der Waals surface area contributed by atoms with Crippen molar-refractivity contribution in [2.24, 2.45) is 0 Å². The van der Waals surface area contributed by atoms with Crippen molar-refractivity contribution >= 4 is 12.7 Å². The largest absolute Gasteiger partial charge is 0.353 e. The Balaban J connectivity index is 2.08. The standard InChI is InChI=1S/C14H13O3P/c15-18(16,13-9-5-2-6-10-13)14(11-17-14)12-7-3-1-4-8-12/h1-10H,11H2,(H,15,16)/t14-/m1/s1. The van der Waals surface area contributed by atoms with Crippen molar-refractivity contribution in [1.82, 2.24) is 0 Å². The maximum absolute atomic E-state index is 12.7. The summed E-state index contributed by atoms with van der Waals surface area (Å²) >= 11 is 0. The Labute approximate surface area is 105 Å². The molecule has 0 aromatic heterocycles. The Morgan fingerprint density at radius 2 is 1.50 bits per heavy atom. The molecule has 0 amide bonds. The average molecular weight is 260 g/mol. The molecule has 2 atom stereocenters. The van der Waals surface area contributed by atoms with Gasteiger partial charge < -0.3 is 9.63 Å². The van der Waals surface area contributed by atoms with Crippen molar-refractivity contribution in [3.63, 3.8) is 0 Å². The molecule has 1 aliphatic heterocycles. The summed E-state index contributed by atoms with van der Waals surface area (Å²) in [5.74, 6) is 0. The van der Waals surface area contributed by atoms with Gasteiger partial charge in [0.05, 0.1) is 6.61 Å². The van der Waals surface area contributed by atoms with Crippen LogP contribution in [0, 0.1) is 0 Å². The van der Waals surface area contributed by atoms with E-state index in [-0.39, 0.29) is 0 Å². The normalized spacial score (nSPS) is 25.4. The van der Waals surface area contributed by atoms with Gasteiger partial charge in [0, 0.05) is 5.30 Å². The first kappa shape index (κ1) is 11.7. The van der Waals surface area contributed by atoms with E-state index < -0.39 is 12.7 Å². The smallest absolute Gasteiger partial charge is 0.267 e. The zero-order chi connectivity index (χ0) is 12.6. The number of epoxide rings is 1. The summed E-state index contributed by atoms with van der Waals surface area (Å²) in [5, 5.41) is -0.610. The van der Waals surface area contributed by atoms with E-state index in [2.05, 4.69) is 0 Å². The number of ether oxygens (including phenoxy) is 1. The first-order valence-electron chi connectivity index (χ1n) is 5.75. The first-order valence-corrected chi connectivity index (χ1v) is 7.41. The third-order valence-electron chi connectivity index (χ3n) is 3.24. The first-order chi connectivity index (χ1) is 8.67. The highest BCUT2D eigenvalue weighted by atomic mass is 31.2. The molecule has 0 spiro atoms. The van der Waals surface area contributed by atoms with E-state index in [0.29, 0.717) is 11.9 Å². The lowest BCUT2D eigenvalue weighted by Gasteiger charge is -2.20. The maximum Gasteiger partial charge on any atom is 0.267 e. The highest BCUT2D eigenvalue weighted by Gasteiger charge is 2.61. The molecule has 1 fully saturated rings. The maximum atomic E-state index is 12.7. The summed E-state index contributed by atoms with van der Waals surface area (Å²) < 4.78 is 18.1. The fourth-order valence-corrected chi connectivity index (χ4v) is 4.03. The minimum Gasteiger partial charge on any atom is -0.353 e. The lowest BCUT2D eigenvalue weighted by Crippen LogP contribution is -2.18. The molecule has 92 valence electrons. The van der Waals surface area contributed by atoms with E-state index >= 15 is 0 Å². The van der Waals surface area contributed by atoms with Crippen LogP contribution in [0.15, 0.2) is 60.7 Å². The predicted octanol–water partition coefficient (Wildman–Crippen LogP) is 2.47. The summed E-state index contributed by atoms with van der Waals surface area (Å²) in [4.78, 5) is 10.5. The van der Waals surface area contributed by atoms with E-state index in [4.69, 9.17) is 4.74 Å². The van der Waals surface area contributed by atoms with Gasteiger partial charge in [-0.1, -0.05) is 48.5 Å². The highest BCUT2D eigenvalue weighted by molar-refractivity contribution is 7.67. The van der Waals surface area contributed by atoms with Crippen LogP contribution in [0.2, 0.25) is 0 Å². The second-order valence-corrected chi connectivity index (χ2v) is 6.74. The van der Waals surface area contributed by atoms with Crippen molar-refractivity contribution in [3.05, 3.63) is 66.2 Å². The van der Waals surface area contributed by atoms with Gasteiger partial charge >= 0.3 is 0 Å². The molecule has 2 aromatic carbocycles. The van der Waals surface area contributed by atoms with Gasteiger partial charge in [-0.3, -0.25) is 4.57 Å². The Bertz CT molecular complexity index is 591. The molecule has 4 heteroatoms. The van der Waals surface area contributed by atoms with Crippen LogP contribution in [0.25, 0.3) is 0 Å². The van der Waals surface area contributed by atoms with Crippen LogP contribution in [0.3, 0.4) is 0 Å². The monoisotopic (exact) mass is 260 g/mol. The summed E-state index contributed by atoms with van der Waals surface area (Å²) in [5.41, 5.74) is 0.764. The molecule has 0 bridgehead atoms. The van der Waals surface area contributed by atoms with Crippen molar-refractivity contribution < 1.29 is 14.2 Å². The van der Waals surface area contributed by atoms with Crippen LogP contribution in [-0.4, -0.2) is 11.5 Å².